The van der Waals surface area contributed by atoms with Crippen molar-refractivity contribution in [3.05, 3.63) is 59.7 Å². The number of methoxy groups -OCH3 is 1. The first-order chi connectivity index (χ1) is 13.8. The number of thiocarbonyl (C=S) groups is 1. The van der Waals surface area contributed by atoms with Gasteiger partial charge in [0.25, 0.3) is 0 Å². The molecule has 0 aliphatic carbocycles. The van der Waals surface area contributed by atoms with Gasteiger partial charge in [-0.1, -0.05) is 42.5 Å². The summed E-state index contributed by atoms with van der Waals surface area (Å²) in [7, 11) is 1.65. The first-order valence-electron chi connectivity index (χ1n) is 9.69. The highest BCUT2D eigenvalue weighted by Gasteiger charge is 2.11. The molecule has 1 saturated heterocycles. The number of benzene rings is 2. The Balaban J connectivity index is 1.48. The van der Waals surface area contributed by atoms with Crippen LogP contribution in [0.25, 0.3) is 0 Å². The first kappa shape index (κ1) is 20.6. The van der Waals surface area contributed by atoms with E-state index in [2.05, 4.69) is 10.2 Å². The third-order valence-corrected chi connectivity index (χ3v) is 5.08. The molecule has 6 heteroatoms. The molecule has 0 aromatic heterocycles. The molecule has 0 saturated carbocycles. The van der Waals surface area contributed by atoms with Gasteiger partial charge in [-0.3, -0.25) is 4.90 Å². The summed E-state index contributed by atoms with van der Waals surface area (Å²) in [6.07, 6.45) is 1.05. The van der Waals surface area contributed by atoms with Crippen LogP contribution >= 0.6 is 12.2 Å². The van der Waals surface area contributed by atoms with Gasteiger partial charge in [0.1, 0.15) is 11.6 Å². The molecule has 1 N–H and O–H groups in total. The summed E-state index contributed by atoms with van der Waals surface area (Å²) in [6, 6.07) is 15.9. The zero-order valence-electron chi connectivity index (χ0n) is 16.4. The molecule has 28 heavy (non-hydrogen) atoms. The van der Waals surface area contributed by atoms with Gasteiger partial charge < -0.3 is 19.5 Å². The largest absolute Gasteiger partial charge is 0.493 e. The molecule has 2 aromatic rings. The Morgan fingerprint density at radius 3 is 2.64 bits per heavy atom. The quantitative estimate of drug-likeness (QED) is 0.515. The zero-order valence-corrected chi connectivity index (χ0v) is 17.2. The van der Waals surface area contributed by atoms with E-state index in [-0.39, 0.29) is 0 Å². The fraction of sp³-hybridized carbons (Fsp3) is 0.409. The van der Waals surface area contributed by atoms with Crippen molar-refractivity contribution < 1.29 is 14.2 Å². The zero-order chi connectivity index (χ0) is 19.6. The number of hydrogen-bond donors (Lipinski definition) is 1. The molecule has 0 radical (unpaired) electrons. The maximum atomic E-state index is 5.91. The van der Waals surface area contributed by atoms with Gasteiger partial charge in [-0.25, -0.2) is 0 Å². The van der Waals surface area contributed by atoms with Crippen molar-refractivity contribution in [2.24, 2.45) is 0 Å². The van der Waals surface area contributed by atoms with Crippen molar-refractivity contribution in [3.8, 4) is 11.5 Å². The minimum atomic E-state index is 0.501. The molecule has 1 aliphatic heterocycles. The highest BCUT2D eigenvalue weighted by Crippen LogP contribution is 2.29. The van der Waals surface area contributed by atoms with E-state index < -0.39 is 0 Å². The summed E-state index contributed by atoms with van der Waals surface area (Å²) >= 11 is 5.54. The highest BCUT2D eigenvalue weighted by atomic mass is 32.1. The van der Waals surface area contributed by atoms with E-state index in [9.17, 15) is 0 Å². The van der Waals surface area contributed by atoms with E-state index in [4.69, 9.17) is 26.4 Å². The molecule has 2 aromatic carbocycles. The average Bonchev–Trinajstić information content (AvgIpc) is 2.76. The molecule has 150 valence electrons. The molecule has 1 fully saturated rings. The van der Waals surface area contributed by atoms with Crippen LogP contribution in [0.2, 0.25) is 0 Å². The lowest BCUT2D eigenvalue weighted by Crippen LogP contribution is -2.38. The molecule has 0 amide bonds. The topological polar surface area (TPSA) is 43.0 Å². The number of ether oxygens (including phenoxy) is 3. The second kappa shape index (κ2) is 11.0. The normalized spacial score (nSPS) is 14.5. The summed E-state index contributed by atoms with van der Waals surface area (Å²) in [5.41, 5.74) is 2.05. The van der Waals surface area contributed by atoms with Crippen molar-refractivity contribution in [2.45, 2.75) is 13.0 Å². The van der Waals surface area contributed by atoms with Crippen molar-refractivity contribution in [3.63, 3.8) is 0 Å². The van der Waals surface area contributed by atoms with Crippen LogP contribution in [-0.4, -0.2) is 56.4 Å². The summed E-state index contributed by atoms with van der Waals surface area (Å²) in [4.78, 5) is 3.16. The molecule has 0 bridgehead atoms. The smallest absolute Gasteiger partial charge is 0.161 e. The lowest BCUT2D eigenvalue weighted by molar-refractivity contribution is 0.0376. The van der Waals surface area contributed by atoms with Crippen molar-refractivity contribution in [1.82, 2.24) is 10.2 Å². The summed E-state index contributed by atoms with van der Waals surface area (Å²) < 4.78 is 16.8. The van der Waals surface area contributed by atoms with Gasteiger partial charge in [-0.15, -0.1) is 0 Å². The van der Waals surface area contributed by atoms with E-state index in [0.717, 1.165) is 61.9 Å². The van der Waals surface area contributed by atoms with Crippen LogP contribution in [0.15, 0.2) is 48.5 Å². The van der Waals surface area contributed by atoms with Crippen molar-refractivity contribution in [2.75, 3.05) is 46.5 Å². The predicted molar refractivity (Wildman–Crippen MR) is 115 cm³/mol. The Labute approximate surface area is 172 Å². The second-order valence-corrected chi connectivity index (χ2v) is 7.11. The van der Waals surface area contributed by atoms with E-state index in [0.29, 0.717) is 18.1 Å². The molecule has 3 rings (SSSR count). The van der Waals surface area contributed by atoms with Crippen LogP contribution in [0.5, 0.6) is 11.5 Å². The Hall–Kier alpha value is -2.15. The Morgan fingerprint density at radius 1 is 1.11 bits per heavy atom. The van der Waals surface area contributed by atoms with Crippen LogP contribution < -0.4 is 14.8 Å². The lowest BCUT2D eigenvalue weighted by atomic mass is 10.2. The summed E-state index contributed by atoms with van der Waals surface area (Å²) in [5.74, 6) is 1.40. The Kier molecular flexibility index (Phi) is 8.08. The van der Waals surface area contributed by atoms with Crippen LogP contribution in [0, 0.1) is 0 Å². The van der Waals surface area contributed by atoms with Crippen molar-refractivity contribution in [1.29, 1.82) is 0 Å². The van der Waals surface area contributed by atoms with Crippen molar-refractivity contribution >= 4 is 17.2 Å². The molecule has 1 heterocycles. The van der Waals surface area contributed by atoms with Gasteiger partial charge in [0.15, 0.2) is 11.5 Å². The maximum absolute atomic E-state index is 5.91. The third kappa shape index (κ3) is 6.19. The molecule has 5 nitrogen and oxygen atoms in total. The number of morpholine rings is 1. The minimum absolute atomic E-state index is 0.501. The molecule has 0 atom stereocenters. The lowest BCUT2D eigenvalue weighted by Gasteiger charge is -2.26. The first-order valence-corrected chi connectivity index (χ1v) is 10.1. The monoisotopic (exact) mass is 400 g/mol. The van der Waals surface area contributed by atoms with E-state index in [1.165, 1.54) is 0 Å². The molecular weight excluding hydrogens is 372 g/mol. The molecule has 0 spiro atoms. The fourth-order valence-electron chi connectivity index (χ4n) is 3.09. The van der Waals surface area contributed by atoms with Crippen LogP contribution in [0.4, 0.5) is 0 Å². The average molecular weight is 401 g/mol. The van der Waals surface area contributed by atoms with E-state index >= 15 is 0 Å². The number of nitrogens with zero attached hydrogens (tertiary/aromatic N) is 1. The minimum Gasteiger partial charge on any atom is -0.493 e. The highest BCUT2D eigenvalue weighted by molar-refractivity contribution is 7.80. The fourth-order valence-corrected chi connectivity index (χ4v) is 3.32. The van der Waals surface area contributed by atoms with E-state index in [1.807, 2.05) is 48.5 Å². The maximum Gasteiger partial charge on any atom is 0.161 e. The molecule has 0 unspecified atom stereocenters. The summed E-state index contributed by atoms with van der Waals surface area (Å²) in [6.45, 7) is 6.13. The van der Waals surface area contributed by atoms with Gasteiger partial charge in [-0.05, 0) is 36.7 Å². The van der Waals surface area contributed by atoms with Crippen LogP contribution in [0.3, 0.4) is 0 Å². The summed E-state index contributed by atoms with van der Waals surface area (Å²) in [5, 5.41) is 3.34. The van der Waals surface area contributed by atoms with Gasteiger partial charge in [0.05, 0.1) is 20.3 Å². The van der Waals surface area contributed by atoms with Gasteiger partial charge in [-0.2, -0.15) is 0 Å². The van der Waals surface area contributed by atoms with Gasteiger partial charge in [0.2, 0.25) is 0 Å². The number of hydrogen-bond acceptors (Lipinski definition) is 5. The molecule has 1 aliphatic rings. The van der Waals surface area contributed by atoms with Gasteiger partial charge >= 0.3 is 0 Å². The Bertz CT molecular complexity index is 749. The second-order valence-electron chi connectivity index (χ2n) is 6.70. The molecular formula is C22H28N2O3S. The Morgan fingerprint density at radius 2 is 1.89 bits per heavy atom. The SMILES string of the molecule is COc1cc(C(=S)NCCCN2CCOCC2)ccc1OCc1ccccc1. The third-order valence-electron chi connectivity index (χ3n) is 4.70. The van der Waals surface area contributed by atoms with Crippen LogP contribution in [-0.2, 0) is 11.3 Å². The van der Waals surface area contributed by atoms with Gasteiger partial charge in [0, 0.05) is 25.2 Å². The number of nitrogens with one attached hydrogen (secondary N) is 1. The van der Waals surface area contributed by atoms with E-state index in [1.54, 1.807) is 7.11 Å². The standard InChI is InChI=1S/C22H28N2O3S/c1-25-21-16-19(8-9-20(21)27-17-18-6-3-2-4-7-18)22(28)23-10-5-11-24-12-14-26-15-13-24/h2-4,6-9,16H,5,10-15,17H2,1H3,(H,23,28). The predicted octanol–water partition coefficient (Wildman–Crippen LogP) is 3.26. The number of rotatable bonds is 9. The van der Waals surface area contributed by atoms with Crippen LogP contribution in [0.1, 0.15) is 17.5 Å².